The van der Waals surface area contributed by atoms with Crippen LogP contribution in [0.15, 0.2) is 18.2 Å². The van der Waals surface area contributed by atoms with Gasteiger partial charge in [-0.25, -0.2) is 4.39 Å². The van der Waals surface area contributed by atoms with Crippen LogP contribution in [0.4, 0.5) is 4.39 Å². The minimum atomic E-state index is -0.496. The fraction of sp³-hybridized carbons (Fsp3) is 0.600. The predicted octanol–water partition coefficient (Wildman–Crippen LogP) is 3.15. The first-order chi connectivity index (χ1) is 8.81. The van der Waals surface area contributed by atoms with E-state index in [1.54, 1.807) is 6.07 Å². The summed E-state index contributed by atoms with van der Waals surface area (Å²) in [5.74, 6) is -0.307. The number of halogens is 2. The quantitative estimate of drug-likeness (QED) is 0.896. The Labute approximate surface area is 118 Å². The van der Waals surface area contributed by atoms with E-state index in [0.29, 0.717) is 18.0 Å². The van der Waals surface area contributed by atoms with Gasteiger partial charge in [-0.15, -0.1) is 0 Å². The molecule has 1 aromatic rings. The molecule has 4 heteroatoms. The molecule has 1 aromatic carbocycles. The maximum atomic E-state index is 13.3. The second-order valence-electron chi connectivity index (χ2n) is 6.37. The lowest BCUT2D eigenvalue weighted by Crippen LogP contribution is -2.44. The summed E-state index contributed by atoms with van der Waals surface area (Å²) in [7, 11) is 0. The van der Waals surface area contributed by atoms with Crippen LogP contribution in [0.3, 0.4) is 0 Å². The molecule has 2 rings (SSSR count). The molecule has 0 aromatic heterocycles. The SMILES string of the molecule is CC1(C)CCC(CN)(Cc2cc(F)ccc2Cl)C1O. The van der Waals surface area contributed by atoms with E-state index in [1.807, 2.05) is 13.8 Å². The highest BCUT2D eigenvalue weighted by Crippen LogP contribution is 2.50. The monoisotopic (exact) mass is 285 g/mol. The van der Waals surface area contributed by atoms with E-state index in [4.69, 9.17) is 17.3 Å². The Bertz CT molecular complexity index is 477. The van der Waals surface area contributed by atoms with E-state index in [2.05, 4.69) is 0 Å². The van der Waals surface area contributed by atoms with Crippen LogP contribution in [0.5, 0.6) is 0 Å². The Kier molecular flexibility index (Phi) is 3.92. The number of aliphatic hydroxyl groups excluding tert-OH is 1. The van der Waals surface area contributed by atoms with Gasteiger partial charge < -0.3 is 10.8 Å². The molecule has 2 nitrogen and oxygen atoms in total. The number of benzene rings is 1. The first-order valence-corrected chi connectivity index (χ1v) is 7.01. The molecule has 3 N–H and O–H groups in total. The zero-order chi connectivity index (χ0) is 14.3. The van der Waals surface area contributed by atoms with Gasteiger partial charge in [0.1, 0.15) is 5.82 Å². The molecule has 0 amide bonds. The Hall–Kier alpha value is -0.640. The molecule has 19 heavy (non-hydrogen) atoms. The van der Waals surface area contributed by atoms with Gasteiger partial charge in [-0.2, -0.15) is 0 Å². The van der Waals surface area contributed by atoms with Crippen molar-refractivity contribution in [2.75, 3.05) is 6.54 Å². The van der Waals surface area contributed by atoms with Crippen LogP contribution in [0.1, 0.15) is 32.3 Å². The van der Waals surface area contributed by atoms with E-state index in [1.165, 1.54) is 12.1 Å². The summed E-state index contributed by atoms with van der Waals surface area (Å²) < 4.78 is 13.3. The average molecular weight is 286 g/mol. The summed E-state index contributed by atoms with van der Waals surface area (Å²) in [6.45, 7) is 4.47. The molecule has 0 saturated heterocycles. The maximum Gasteiger partial charge on any atom is 0.123 e. The maximum absolute atomic E-state index is 13.3. The van der Waals surface area contributed by atoms with E-state index in [-0.39, 0.29) is 11.2 Å². The lowest BCUT2D eigenvalue weighted by Gasteiger charge is -2.36. The number of hydrogen-bond acceptors (Lipinski definition) is 2. The lowest BCUT2D eigenvalue weighted by molar-refractivity contribution is -0.00465. The Morgan fingerprint density at radius 3 is 2.63 bits per heavy atom. The van der Waals surface area contributed by atoms with Crippen molar-refractivity contribution in [1.82, 2.24) is 0 Å². The minimum Gasteiger partial charge on any atom is -0.392 e. The van der Waals surface area contributed by atoms with Gasteiger partial charge in [0, 0.05) is 17.0 Å². The molecule has 0 aliphatic heterocycles. The van der Waals surface area contributed by atoms with Gasteiger partial charge in [0.2, 0.25) is 0 Å². The largest absolute Gasteiger partial charge is 0.392 e. The average Bonchev–Trinajstić information content (AvgIpc) is 2.59. The van der Waals surface area contributed by atoms with Gasteiger partial charge in [-0.1, -0.05) is 25.4 Å². The van der Waals surface area contributed by atoms with Crippen molar-refractivity contribution in [3.05, 3.63) is 34.6 Å². The van der Waals surface area contributed by atoms with Crippen molar-refractivity contribution < 1.29 is 9.50 Å². The van der Waals surface area contributed by atoms with Crippen molar-refractivity contribution in [2.24, 2.45) is 16.6 Å². The zero-order valence-corrected chi connectivity index (χ0v) is 12.2. The third-order valence-corrected chi connectivity index (χ3v) is 4.91. The van der Waals surface area contributed by atoms with Gasteiger partial charge in [-0.3, -0.25) is 0 Å². The zero-order valence-electron chi connectivity index (χ0n) is 11.4. The first kappa shape index (κ1) is 14.8. The Morgan fingerprint density at radius 2 is 2.11 bits per heavy atom. The number of rotatable bonds is 3. The van der Waals surface area contributed by atoms with Crippen LogP contribution in [0.25, 0.3) is 0 Å². The summed E-state index contributed by atoms with van der Waals surface area (Å²) in [6.07, 6.45) is 1.78. The molecular formula is C15H21ClFNO. The molecular weight excluding hydrogens is 265 g/mol. The van der Waals surface area contributed by atoms with Crippen LogP contribution >= 0.6 is 11.6 Å². The van der Waals surface area contributed by atoms with Crippen LogP contribution in [0, 0.1) is 16.6 Å². The molecule has 1 aliphatic carbocycles. The van der Waals surface area contributed by atoms with Gasteiger partial charge in [0.25, 0.3) is 0 Å². The van der Waals surface area contributed by atoms with E-state index >= 15 is 0 Å². The summed E-state index contributed by atoms with van der Waals surface area (Å²) in [5, 5.41) is 11.1. The highest BCUT2D eigenvalue weighted by Gasteiger charge is 2.51. The Balaban J connectivity index is 2.32. The van der Waals surface area contributed by atoms with Crippen LogP contribution in [0.2, 0.25) is 5.02 Å². The van der Waals surface area contributed by atoms with Gasteiger partial charge in [-0.05, 0) is 48.4 Å². The molecule has 1 saturated carbocycles. The summed E-state index contributed by atoms with van der Waals surface area (Å²) in [6, 6.07) is 4.34. The fourth-order valence-corrected chi connectivity index (χ4v) is 3.39. The highest BCUT2D eigenvalue weighted by molar-refractivity contribution is 6.31. The summed E-state index contributed by atoms with van der Waals surface area (Å²) in [5.41, 5.74) is 6.09. The van der Waals surface area contributed by atoms with Crippen molar-refractivity contribution in [3.8, 4) is 0 Å². The topological polar surface area (TPSA) is 46.2 Å². The molecule has 0 bridgehead atoms. The second-order valence-corrected chi connectivity index (χ2v) is 6.78. The molecule has 0 radical (unpaired) electrons. The van der Waals surface area contributed by atoms with E-state index in [0.717, 1.165) is 18.4 Å². The van der Waals surface area contributed by atoms with E-state index < -0.39 is 11.5 Å². The third-order valence-electron chi connectivity index (χ3n) is 4.54. The fourth-order valence-electron chi connectivity index (χ4n) is 3.20. The Morgan fingerprint density at radius 1 is 1.42 bits per heavy atom. The van der Waals surface area contributed by atoms with Gasteiger partial charge in [0.15, 0.2) is 0 Å². The third kappa shape index (κ3) is 2.64. The molecule has 106 valence electrons. The number of nitrogens with two attached hydrogens (primary N) is 1. The summed E-state index contributed by atoms with van der Waals surface area (Å²) >= 11 is 6.12. The molecule has 2 atom stereocenters. The molecule has 2 unspecified atom stereocenters. The highest BCUT2D eigenvalue weighted by atomic mass is 35.5. The molecule has 0 heterocycles. The standard InChI is InChI=1S/C15H21ClFNO/c1-14(2)5-6-15(9-18,13(14)19)8-10-7-11(17)3-4-12(10)16/h3-4,7,13,19H,5-6,8-9,18H2,1-2H3. The first-order valence-electron chi connectivity index (χ1n) is 6.63. The van der Waals surface area contributed by atoms with Crippen molar-refractivity contribution in [1.29, 1.82) is 0 Å². The van der Waals surface area contributed by atoms with Crippen LogP contribution in [-0.2, 0) is 6.42 Å². The molecule has 0 spiro atoms. The van der Waals surface area contributed by atoms with E-state index in [9.17, 15) is 9.50 Å². The van der Waals surface area contributed by atoms with Crippen LogP contribution in [-0.4, -0.2) is 17.8 Å². The molecule has 1 fully saturated rings. The predicted molar refractivity (Wildman–Crippen MR) is 75.6 cm³/mol. The molecule has 1 aliphatic rings. The van der Waals surface area contributed by atoms with Gasteiger partial charge in [0.05, 0.1) is 6.10 Å². The second kappa shape index (κ2) is 5.04. The van der Waals surface area contributed by atoms with Crippen molar-refractivity contribution in [2.45, 2.75) is 39.2 Å². The van der Waals surface area contributed by atoms with Crippen LogP contribution < -0.4 is 5.73 Å². The number of hydrogen-bond donors (Lipinski definition) is 2. The summed E-state index contributed by atoms with van der Waals surface area (Å²) in [4.78, 5) is 0. The normalized spacial score (nSPS) is 29.7. The van der Waals surface area contributed by atoms with Gasteiger partial charge >= 0.3 is 0 Å². The van der Waals surface area contributed by atoms with Crippen molar-refractivity contribution >= 4 is 11.6 Å². The number of aliphatic hydroxyl groups is 1. The van der Waals surface area contributed by atoms with Crippen molar-refractivity contribution in [3.63, 3.8) is 0 Å². The smallest absolute Gasteiger partial charge is 0.123 e. The lowest BCUT2D eigenvalue weighted by atomic mass is 9.74. The minimum absolute atomic E-state index is 0.154.